The number of hydrogen-bond acceptors (Lipinski definition) is 5. The second kappa shape index (κ2) is 9.73. The molecule has 1 unspecified atom stereocenters. The van der Waals surface area contributed by atoms with Crippen molar-refractivity contribution in [2.75, 3.05) is 32.0 Å². The van der Waals surface area contributed by atoms with E-state index in [9.17, 15) is 13.5 Å². The van der Waals surface area contributed by atoms with Crippen molar-refractivity contribution < 1.29 is 18.3 Å². The molecule has 1 aromatic rings. The predicted octanol–water partition coefficient (Wildman–Crippen LogP) is 0.345. The maximum absolute atomic E-state index is 11.4. The summed E-state index contributed by atoms with van der Waals surface area (Å²) in [6.07, 6.45) is -0.0457. The Labute approximate surface area is 126 Å². The lowest BCUT2D eigenvalue weighted by Crippen LogP contribution is -2.37. The Morgan fingerprint density at radius 1 is 1.24 bits per heavy atom. The smallest absolute Gasteiger partial charge is 0.211 e. The summed E-state index contributed by atoms with van der Waals surface area (Å²) in [6.45, 7) is 3.14. The number of ether oxygens (including phenoxy) is 1. The third kappa shape index (κ3) is 8.67. The molecular formula is C14H24N2O4S. The van der Waals surface area contributed by atoms with Crippen LogP contribution in [0.1, 0.15) is 13.3 Å². The van der Waals surface area contributed by atoms with Gasteiger partial charge in [0.1, 0.15) is 18.5 Å². The van der Waals surface area contributed by atoms with Crippen molar-refractivity contribution in [3.63, 3.8) is 0 Å². The average Bonchev–Trinajstić information content (AvgIpc) is 2.45. The average molecular weight is 316 g/mol. The summed E-state index contributed by atoms with van der Waals surface area (Å²) in [5.41, 5.74) is 0. The molecule has 0 aromatic heterocycles. The highest BCUT2D eigenvalue weighted by atomic mass is 32.2. The Balaban J connectivity index is 2.07. The van der Waals surface area contributed by atoms with Crippen molar-refractivity contribution in [2.45, 2.75) is 19.4 Å². The van der Waals surface area contributed by atoms with Gasteiger partial charge in [-0.25, -0.2) is 13.1 Å². The summed E-state index contributed by atoms with van der Waals surface area (Å²) in [7, 11) is -3.16. The molecule has 0 amide bonds. The molecular weight excluding hydrogens is 292 g/mol. The lowest BCUT2D eigenvalue weighted by molar-refractivity contribution is 0.107. The third-order valence-electron chi connectivity index (χ3n) is 2.66. The van der Waals surface area contributed by atoms with Gasteiger partial charge in [-0.2, -0.15) is 0 Å². The van der Waals surface area contributed by atoms with Crippen molar-refractivity contribution in [1.29, 1.82) is 0 Å². The van der Waals surface area contributed by atoms with Crippen LogP contribution in [-0.4, -0.2) is 51.6 Å². The van der Waals surface area contributed by atoms with E-state index in [0.29, 0.717) is 31.8 Å². The number of aliphatic hydroxyl groups excluding tert-OH is 1. The molecule has 0 aliphatic heterocycles. The van der Waals surface area contributed by atoms with E-state index < -0.39 is 16.1 Å². The topological polar surface area (TPSA) is 87.7 Å². The van der Waals surface area contributed by atoms with Crippen LogP contribution in [0.2, 0.25) is 0 Å². The van der Waals surface area contributed by atoms with Gasteiger partial charge in [0, 0.05) is 19.6 Å². The van der Waals surface area contributed by atoms with E-state index in [-0.39, 0.29) is 12.4 Å². The van der Waals surface area contributed by atoms with Crippen LogP contribution >= 0.6 is 0 Å². The number of aliphatic hydroxyl groups is 1. The van der Waals surface area contributed by atoms with E-state index in [1.807, 2.05) is 37.3 Å². The van der Waals surface area contributed by atoms with Crippen molar-refractivity contribution >= 4 is 10.0 Å². The monoisotopic (exact) mass is 316 g/mol. The number of benzene rings is 1. The van der Waals surface area contributed by atoms with Crippen LogP contribution in [0.5, 0.6) is 5.75 Å². The van der Waals surface area contributed by atoms with Gasteiger partial charge in [-0.1, -0.05) is 25.1 Å². The first-order valence-corrected chi connectivity index (χ1v) is 8.72. The minimum Gasteiger partial charge on any atom is -0.491 e. The number of para-hydroxylation sites is 1. The van der Waals surface area contributed by atoms with Crippen molar-refractivity contribution in [3.05, 3.63) is 30.3 Å². The zero-order valence-corrected chi connectivity index (χ0v) is 13.1. The fourth-order valence-corrected chi connectivity index (χ4v) is 2.77. The van der Waals surface area contributed by atoms with E-state index in [2.05, 4.69) is 10.0 Å². The molecule has 0 heterocycles. The second-order valence-electron chi connectivity index (χ2n) is 4.70. The van der Waals surface area contributed by atoms with Gasteiger partial charge in [0.15, 0.2) is 0 Å². The standard InChI is InChI=1S/C14H24N2O4S/c1-2-10-21(18,19)16-9-8-15-11-13(17)12-20-14-6-4-3-5-7-14/h3-7,13,15-17H,2,8-12H2,1H3. The minimum absolute atomic E-state index is 0.139. The van der Waals surface area contributed by atoms with E-state index in [1.165, 1.54) is 0 Å². The van der Waals surface area contributed by atoms with Crippen LogP contribution in [0.15, 0.2) is 30.3 Å². The Kier molecular flexibility index (Phi) is 8.29. The lowest BCUT2D eigenvalue weighted by atomic mass is 10.3. The molecule has 3 N–H and O–H groups in total. The fraction of sp³-hybridized carbons (Fsp3) is 0.571. The lowest BCUT2D eigenvalue weighted by Gasteiger charge is -2.13. The predicted molar refractivity (Wildman–Crippen MR) is 82.9 cm³/mol. The number of nitrogens with one attached hydrogen (secondary N) is 2. The Morgan fingerprint density at radius 3 is 2.62 bits per heavy atom. The van der Waals surface area contributed by atoms with Crippen LogP contribution in [-0.2, 0) is 10.0 Å². The first-order chi connectivity index (χ1) is 10.0. The number of rotatable bonds is 11. The fourth-order valence-electron chi connectivity index (χ4n) is 1.67. The van der Waals surface area contributed by atoms with Gasteiger partial charge in [-0.15, -0.1) is 0 Å². The molecule has 0 radical (unpaired) electrons. The van der Waals surface area contributed by atoms with Crippen LogP contribution in [0.25, 0.3) is 0 Å². The van der Waals surface area contributed by atoms with E-state index in [1.54, 1.807) is 0 Å². The maximum Gasteiger partial charge on any atom is 0.211 e. The summed E-state index contributed by atoms with van der Waals surface area (Å²) < 4.78 is 30.7. The summed E-state index contributed by atoms with van der Waals surface area (Å²) in [4.78, 5) is 0. The molecule has 0 saturated carbocycles. The minimum atomic E-state index is -3.16. The molecule has 1 atom stereocenters. The molecule has 1 rings (SSSR count). The molecule has 0 fully saturated rings. The van der Waals surface area contributed by atoms with Gasteiger partial charge in [-0.05, 0) is 18.6 Å². The van der Waals surface area contributed by atoms with Gasteiger partial charge in [0.25, 0.3) is 0 Å². The van der Waals surface area contributed by atoms with Crippen molar-refractivity contribution in [1.82, 2.24) is 10.0 Å². The summed E-state index contributed by atoms with van der Waals surface area (Å²) in [6, 6.07) is 9.26. The molecule has 7 heteroatoms. The Bertz CT molecular complexity index is 479. The van der Waals surface area contributed by atoms with Gasteiger partial charge >= 0.3 is 0 Å². The van der Waals surface area contributed by atoms with E-state index in [0.717, 1.165) is 0 Å². The second-order valence-corrected chi connectivity index (χ2v) is 6.62. The zero-order chi connectivity index (χ0) is 15.6. The van der Waals surface area contributed by atoms with Crippen molar-refractivity contribution in [2.24, 2.45) is 0 Å². The van der Waals surface area contributed by atoms with Crippen LogP contribution in [0.3, 0.4) is 0 Å². The third-order valence-corrected chi connectivity index (χ3v) is 4.25. The Hall–Kier alpha value is -1.15. The molecule has 21 heavy (non-hydrogen) atoms. The van der Waals surface area contributed by atoms with Gasteiger partial charge in [-0.3, -0.25) is 0 Å². The summed E-state index contributed by atoms with van der Waals surface area (Å²) >= 11 is 0. The molecule has 120 valence electrons. The van der Waals surface area contributed by atoms with Gasteiger partial charge < -0.3 is 15.2 Å². The largest absolute Gasteiger partial charge is 0.491 e. The normalized spacial score (nSPS) is 13.0. The quantitative estimate of drug-likeness (QED) is 0.513. The van der Waals surface area contributed by atoms with E-state index >= 15 is 0 Å². The molecule has 0 aliphatic rings. The first-order valence-electron chi connectivity index (χ1n) is 7.07. The van der Waals surface area contributed by atoms with Gasteiger partial charge in [0.2, 0.25) is 10.0 Å². The summed E-state index contributed by atoms with van der Waals surface area (Å²) in [5.74, 6) is 0.851. The molecule has 6 nitrogen and oxygen atoms in total. The molecule has 1 aromatic carbocycles. The van der Waals surface area contributed by atoms with Crippen LogP contribution < -0.4 is 14.8 Å². The number of hydrogen-bond donors (Lipinski definition) is 3. The Morgan fingerprint density at radius 2 is 1.95 bits per heavy atom. The van der Waals surface area contributed by atoms with Crippen molar-refractivity contribution in [3.8, 4) is 5.75 Å². The van der Waals surface area contributed by atoms with Gasteiger partial charge in [0.05, 0.1) is 5.75 Å². The first kappa shape index (κ1) is 17.9. The molecule has 0 saturated heterocycles. The van der Waals surface area contributed by atoms with Crippen LogP contribution in [0, 0.1) is 0 Å². The molecule has 0 bridgehead atoms. The summed E-state index contributed by atoms with van der Waals surface area (Å²) in [5, 5.41) is 12.7. The molecule has 0 spiro atoms. The highest BCUT2D eigenvalue weighted by molar-refractivity contribution is 7.89. The van der Waals surface area contributed by atoms with E-state index in [4.69, 9.17) is 4.74 Å². The number of sulfonamides is 1. The molecule has 0 aliphatic carbocycles. The maximum atomic E-state index is 11.4. The van der Waals surface area contributed by atoms with Crippen LogP contribution in [0.4, 0.5) is 0 Å². The highest BCUT2D eigenvalue weighted by Crippen LogP contribution is 2.08. The zero-order valence-electron chi connectivity index (χ0n) is 12.3. The highest BCUT2D eigenvalue weighted by Gasteiger charge is 2.08. The SMILES string of the molecule is CCCS(=O)(=O)NCCNCC(O)COc1ccccc1.